The van der Waals surface area contributed by atoms with E-state index in [1.165, 1.54) is 0 Å². The first-order valence-electron chi connectivity index (χ1n) is 5.72. The third kappa shape index (κ3) is 2.47. The molecule has 1 heterocycles. The lowest BCUT2D eigenvalue weighted by molar-refractivity contribution is 0.447. The molecule has 88 valence electrons. The molecular weight excluding hydrogens is 210 g/mol. The van der Waals surface area contributed by atoms with Crippen molar-refractivity contribution in [1.29, 1.82) is 0 Å². The van der Waals surface area contributed by atoms with Crippen molar-refractivity contribution in [2.45, 2.75) is 26.2 Å². The predicted molar refractivity (Wildman–Crippen MR) is 70.0 cm³/mol. The van der Waals surface area contributed by atoms with Crippen LogP contribution in [-0.4, -0.2) is 10.1 Å². The van der Waals surface area contributed by atoms with Crippen molar-refractivity contribution in [2.24, 2.45) is 0 Å². The van der Waals surface area contributed by atoms with Crippen LogP contribution < -0.4 is 0 Å². The molecule has 1 N–H and O–H groups in total. The zero-order valence-corrected chi connectivity index (χ0v) is 10.4. The predicted octanol–water partition coefficient (Wildman–Crippen LogP) is 3.75. The zero-order chi connectivity index (χ0) is 12.5. The van der Waals surface area contributed by atoms with Gasteiger partial charge in [-0.1, -0.05) is 32.9 Å². The van der Waals surface area contributed by atoms with E-state index in [0.29, 0.717) is 5.75 Å². The summed E-state index contributed by atoms with van der Waals surface area (Å²) in [7, 11) is 0. The fourth-order valence-corrected chi connectivity index (χ4v) is 1.85. The molecular formula is C15H17NO. The van der Waals surface area contributed by atoms with Gasteiger partial charge in [0.25, 0.3) is 0 Å². The van der Waals surface area contributed by atoms with Gasteiger partial charge in [-0.25, -0.2) is 0 Å². The number of nitrogens with zero attached hydrogens (tertiary/aromatic N) is 1. The third-order valence-corrected chi connectivity index (χ3v) is 2.80. The van der Waals surface area contributed by atoms with Gasteiger partial charge in [-0.05, 0) is 34.7 Å². The smallest absolute Gasteiger partial charge is 0.119 e. The van der Waals surface area contributed by atoms with Crippen molar-refractivity contribution in [2.75, 3.05) is 0 Å². The molecule has 2 heteroatoms. The maximum Gasteiger partial charge on any atom is 0.119 e. The molecule has 0 spiro atoms. The zero-order valence-electron chi connectivity index (χ0n) is 10.4. The Kier molecular flexibility index (Phi) is 2.88. The fraction of sp³-hybridized carbons (Fsp3) is 0.267. The molecule has 17 heavy (non-hydrogen) atoms. The van der Waals surface area contributed by atoms with E-state index in [2.05, 4.69) is 25.8 Å². The normalized spacial score (nSPS) is 11.5. The summed E-state index contributed by atoms with van der Waals surface area (Å²) in [5, 5.41) is 9.90. The van der Waals surface area contributed by atoms with Crippen molar-refractivity contribution in [3.63, 3.8) is 0 Å². The Hall–Kier alpha value is -1.83. The molecule has 1 aromatic heterocycles. The molecule has 0 saturated carbocycles. The first kappa shape index (κ1) is 11.6. The molecule has 0 atom stereocenters. The molecule has 0 radical (unpaired) electrons. The van der Waals surface area contributed by atoms with Gasteiger partial charge in [0.05, 0.1) is 0 Å². The second-order valence-corrected chi connectivity index (χ2v) is 5.22. The van der Waals surface area contributed by atoms with Crippen LogP contribution in [0.4, 0.5) is 0 Å². The second-order valence-electron chi connectivity index (χ2n) is 5.22. The molecule has 0 amide bonds. The van der Waals surface area contributed by atoms with E-state index >= 15 is 0 Å². The Morgan fingerprint density at radius 2 is 1.82 bits per heavy atom. The van der Waals surface area contributed by atoms with Crippen LogP contribution in [0.2, 0.25) is 0 Å². The summed E-state index contributed by atoms with van der Waals surface area (Å²) < 4.78 is 0. The second kappa shape index (κ2) is 4.21. The maximum absolute atomic E-state index is 9.90. The lowest BCUT2D eigenvalue weighted by atomic mass is 9.85. The topological polar surface area (TPSA) is 33.1 Å². The number of phenolic OH excluding ortho intramolecular Hbond substituents is 1. The van der Waals surface area contributed by atoms with Gasteiger partial charge in [-0.15, -0.1) is 0 Å². The number of benzene rings is 1. The minimum absolute atomic E-state index is 0.0672. The molecule has 0 bridgehead atoms. The van der Waals surface area contributed by atoms with Crippen LogP contribution in [0, 0.1) is 0 Å². The Morgan fingerprint density at radius 1 is 1.06 bits per heavy atom. The van der Waals surface area contributed by atoms with E-state index in [-0.39, 0.29) is 5.41 Å². The number of rotatable bonds is 1. The number of aromatic nitrogens is 1. The number of hydrogen-bond acceptors (Lipinski definition) is 2. The van der Waals surface area contributed by atoms with Crippen LogP contribution in [0.25, 0.3) is 11.1 Å². The summed E-state index contributed by atoms with van der Waals surface area (Å²) in [6.45, 7) is 6.28. The van der Waals surface area contributed by atoms with Gasteiger partial charge in [-0.3, -0.25) is 4.98 Å². The van der Waals surface area contributed by atoms with Crippen LogP contribution in [0.15, 0.2) is 42.7 Å². The van der Waals surface area contributed by atoms with E-state index in [0.717, 1.165) is 16.7 Å². The highest BCUT2D eigenvalue weighted by molar-refractivity contribution is 5.65. The summed E-state index contributed by atoms with van der Waals surface area (Å²) in [6.07, 6.45) is 3.59. The van der Waals surface area contributed by atoms with Crippen LogP contribution >= 0.6 is 0 Å². The number of hydrogen-bond donors (Lipinski definition) is 1. The monoisotopic (exact) mass is 227 g/mol. The molecule has 2 nitrogen and oxygen atoms in total. The summed E-state index contributed by atoms with van der Waals surface area (Å²) in [5.74, 6) is 0.352. The van der Waals surface area contributed by atoms with Gasteiger partial charge in [-0.2, -0.15) is 0 Å². The Balaban J connectivity index is 2.53. The van der Waals surface area contributed by atoms with E-state index in [4.69, 9.17) is 0 Å². The standard InChI is InChI=1S/C15H17NO/c1-15(2,3)13-9-11(6-7-14(13)17)12-5-4-8-16-10-12/h4-10,17H,1-3H3. The quantitative estimate of drug-likeness (QED) is 0.804. The van der Waals surface area contributed by atoms with Gasteiger partial charge in [0.1, 0.15) is 5.75 Å². The summed E-state index contributed by atoms with van der Waals surface area (Å²) in [5.41, 5.74) is 3.04. The minimum Gasteiger partial charge on any atom is -0.508 e. The Morgan fingerprint density at radius 3 is 2.41 bits per heavy atom. The van der Waals surface area contributed by atoms with Crippen molar-refractivity contribution in [3.05, 3.63) is 48.3 Å². The molecule has 0 aliphatic carbocycles. The number of pyridine rings is 1. The van der Waals surface area contributed by atoms with Crippen LogP contribution in [0.1, 0.15) is 26.3 Å². The minimum atomic E-state index is -0.0672. The Labute approximate surface area is 102 Å². The van der Waals surface area contributed by atoms with Crippen molar-refractivity contribution in [3.8, 4) is 16.9 Å². The Bertz CT molecular complexity index is 512. The molecule has 0 aliphatic heterocycles. The lowest BCUT2D eigenvalue weighted by Gasteiger charge is -2.21. The maximum atomic E-state index is 9.90. The van der Waals surface area contributed by atoms with Crippen molar-refractivity contribution in [1.82, 2.24) is 4.98 Å². The SMILES string of the molecule is CC(C)(C)c1cc(-c2cccnc2)ccc1O. The fourth-order valence-electron chi connectivity index (χ4n) is 1.85. The molecule has 0 aliphatic rings. The van der Waals surface area contributed by atoms with Gasteiger partial charge in [0, 0.05) is 18.0 Å². The number of aromatic hydroxyl groups is 1. The van der Waals surface area contributed by atoms with Gasteiger partial charge >= 0.3 is 0 Å². The van der Waals surface area contributed by atoms with Crippen molar-refractivity contribution >= 4 is 0 Å². The lowest BCUT2D eigenvalue weighted by Crippen LogP contribution is -2.11. The first-order chi connectivity index (χ1) is 7.98. The molecule has 2 aromatic rings. The van der Waals surface area contributed by atoms with E-state index < -0.39 is 0 Å². The highest BCUT2D eigenvalue weighted by Crippen LogP contribution is 2.33. The molecule has 0 fully saturated rings. The van der Waals surface area contributed by atoms with Crippen LogP contribution in [-0.2, 0) is 5.41 Å². The van der Waals surface area contributed by atoms with Gasteiger partial charge in [0.2, 0.25) is 0 Å². The summed E-state index contributed by atoms with van der Waals surface area (Å²) in [4.78, 5) is 4.11. The van der Waals surface area contributed by atoms with E-state index in [9.17, 15) is 5.11 Å². The highest BCUT2D eigenvalue weighted by Gasteiger charge is 2.18. The number of phenols is 1. The summed E-state index contributed by atoms with van der Waals surface area (Å²) in [6, 6.07) is 9.64. The average Bonchev–Trinajstić information content (AvgIpc) is 2.29. The molecule has 0 unspecified atom stereocenters. The van der Waals surface area contributed by atoms with E-state index in [1.807, 2.05) is 30.5 Å². The van der Waals surface area contributed by atoms with Gasteiger partial charge in [0.15, 0.2) is 0 Å². The summed E-state index contributed by atoms with van der Waals surface area (Å²) >= 11 is 0. The largest absolute Gasteiger partial charge is 0.508 e. The van der Waals surface area contributed by atoms with Crippen molar-refractivity contribution < 1.29 is 5.11 Å². The first-order valence-corrected chi connectivity index (χ1v) is 5.72. The molecule has 2 rings (SSSR count). The third-order valence-electron chi connectivity index (χ3n) is 2.80. The van der Waals surface area contributed by atoms with Crippen LogP contribution in [0.3, 0.4) is 0 Å². The molecule has 1 aromatic carbocycles. The van der Waals surface area contributed by atoms with Crippen LogP contribution in [0.5, 0.6) is 5.75 Å². The highest BCUT2D eigenvalue weighted by atomic mass is 16.3. The van der Waals surface area contributed by atoms with Gasteiger partial charge < -0.3 is 5.11 Å². The molecule has 0 saturated heterocycles. The van der Waals surface area contributed by atoms with E-state index in [1.54, 1.807) is 12.3 Å². The average molecular weight is 227 g/mol.